The van der Waals surface area contributed by atoms with Gasteiger partial charge in [-0.1, -0.05) is 15.9 Å². The lowest BCUT2D eigenvalue weighted by Gasteiger charge is -2.07. The fraction of sp³-hybridized carbons (Fsp3) is 0.250. The number of nitrogens with two attached hydrogens (primary N) is 1. The van der Waals surface area contributed by atoms with Gasteiger partial charge in [0.1, 0.15) is 0 Å². The van der Waals surface area contributed by atoms with Gasteiger partial charge in [-0.2, -0.15) is 5.10 Å². The molecule has 82 valence electrons. The summed E-state index contributed by atoms with van der Waals surface area (Å²) in [5, 5.41) is 4.35. The van der Waals surface area contributed by atoms with Crippen molar-refractivity contribution in [3.05, 3.63) is 40.6 Å². The Balaban J connectivity index is 2.08. The van der Waals surface area contributed by atoms with E-state index in [-0.39, 0.29) is 0 Å². The monoisotopic (exact) mass is 277 g/mol. The molecule has 0 atom stereocenters. The smallest absolute Gasteiger partial charge is 0.0740 e. The summed E-state index contributed by atoms with van der Waals surface area (Å²) in [6.07, 6.45) is 4.20. The summed E-state index contributed by atoms with van der Waals surface area (Å²) in [7, 11) is 0. The Kier molecular flexibility index (Phi) is 2.24. The first-order chi connectivity index (χ1) is 7.75. The first-order valence-corrected chi connectivity index (χ1v) is 6.14. The molecule has 1 aliphatic carbocycles. The van der Waals surface area contributed by atoms with Gasteiger partial charge in [-0.3, -0.25) is 0 Å². The molecule has 0 spiro atoms. The molecule has 0 amide bonds. The summed E-state index contributed by atoms with van der Waals surface area (Å²) in [5.74, 6) is 0.603. The highest BCUT2D eigenvalue weighted by atomic mass is 79.9. The highest BCUT2D eigenvalue weighted by Gasteiger charge is 2.29. The second-order valence-corrected chi connectivity index (χ2v) is 5.06. The lowest BCUT2D eigenvalue weighted by atomic mass is 10.2. The average Bonchev–Trinajstić information content (AvgIpc) is 3.04. The van der Waals surface area contributed by atoms with E-state index in [1.165, 1.54) is 18.5 Å². The zero-order valence-corrected chi connectivity index (χ0v) is 10.3. The minimum Gasteiger partial charge on any atom is -0.396 e. The molecule has 3 rings (SSSR count). The predicted molar refractivity (Wildman–Crippen MR) is 67.7 cm³/mol. The zero-order chi connectivity index (χ0) is 11.1. The number of nitrogens with zero attached hydrogens (tertiary/aromatic N) is 2. The maximum atomic E-state index is 5.96. The van der Waals surface area contributed by atoms with Crippen LogP contribution in [0.2, 0.25) is 0 Å². The molecule has 1 saturated carbocycles. The molecule has 0 aliphatic heterocycles. The molecule has 0 unspecified atom stereocenters. The van der Waals surface area contributed by atoms with Crippen LogP contribution in [0.4, 0.5) is 5.69 Å². The number of aromatic nitrogens is 2. The van der Waals surface area contributed by atoms with E-state index in [1.807, 2.05) is 28.9 Å². The van der Waals surface area contributed by atoms with E-state index in [2.05, 4.69) is 21.0 Å². The number of benzene rings is 1. The van der Waals surface area contributed by atoms with Gasteiger partial charge in [0.05, 0.1) is 23.3 Å². The predicted octanol–water partition coefficient (Wildman–Crippen LogP) is 3.09. The third-order valence-electron chi connectivity index (χ3n) is 2.87. The van der Waals surface area contributed by atoms with Crippen LogP contribution in [-0.2, 0) is 0 Å². The Morgan fingerprint density at radius 2 is 1.94 bits per heavy atom. The number of hydrogen-bond donors (Lipinski definition) is 1. The van der Waals surface area contributed by atoms with Gasteiger partial charge in [0.25, 0.3) is 0 Å². The van der Waals surface area contributed by atoms with E-state index in [0.29, 0.717) is 5.92 Å². The summed E-state index contributed by atoms with van der Waals surface area (Å²) in [6.45, 7) is 0. The van der Waals surface area contributed by atoms with E-state index in [0.717, 1.165) is 15.8 Å². The Bertz CT molecular complexity index is 512. The van der Waals surface area contributed by atoms with Crippen molar-refractivity contribution in [3.8, 4) is 5.69 Å². The molecule has 4 heteroatoms. The number of hydrogen-bond acceptors (Lipinski definition) is 2. The van der Waals surface area contributed by atoms with Crippen LogP contribution in [0.15, 0.2) is 34.9 Å². The second-order valence-electron chi connectivity index (χ2n) is 4.15. The number of nitrogen functional groups attached to an aromatic ring is 1. The molecule has 0 saturated heterocycles. The van der Waals surface area contributed by atoms with Crippen LogP contribution in [0.25, 0.3) is 5.69 Å². The Labute approximate surface area is 102 Å². The fourth-order valence-electron chi connectivity index (χ4n) is 1.92. The van der Waals surface area contributed by atoms with Crippen molar-refractivity contribution in [3.63, 3.8) is 0 Å². The first kappa shape index (κ1) is 9.90. The maximum absolute atomic E-state index is 5.96. The van der Waals surface area contributed by atoms with Crippen molar-refractivity contribution in [2.75, 3.05) is 5.73 Å². The third-order valence-corrected chi connectivity index (χ3v) is 3.40. The molecule has 1 aromatic carbocycles. The van der Waals surface area contributed by atoms with Gasteiger partial charge in [0.2, 0.25) is 0 Å². The molecule has 0 radical (unpaired) electrons. The van der Waals surface area contributed by atoms with E-state index in [4.69, 9.17) is 5.73 Å². The Morgan fingerprint density at radius 3 is 2.56 bits per heavy atom. The molecule has 1 aromatic heterocycles. The van der Waals surface area contributed by atoms with Crippen LogP contribution < -0.4 is 5.73 Å². The maximum Gasteiger partial charge on any atom is 0.0740 e. The zero-order valence-electron chi connectivity index (χ0n) is 8.73. The van der Waals surface area contributed by atoms with Crippen LogP contribution in [0, 0.1) is 0 Å². The van der Waals surface area contributed by atoms with Crippen LogP contribution >= 0.6 is 15.9 Å². The Hall–Kier alpha value is -1.29. The van der Waals surface area contributed by atoms with Crippen LogP contribution in [0.3, 0.4) is 0 Å². The van der Waals surface area contributed by atoms with E-state index < -0.39 is 0 Å². The highest BCUT2D eigenvalue weighted by Crippen LogP contribution is 2.43. The highest BCUT2D eigenvalue weighted by molar-refractivity contribution is 9.10. The van der Waals surface area contributed by atoms with Crippen molar-refractivity contribution in [1.29, 1.82) is 0 Å². The van der Waals surface area contributed by atoms with Crippen LogP contribution in [0.5, 0.6) is 0 Å². The van der Waals surface area contributed by atoms with Gasteiger partial charge >= 0.3 is 0 Å². The number of halogens is 1. The lowest BCUT2D eigenvalue weighted by Crippen LogP contribution is -2.02. The largest absolute Gasteiger partial charge is 0.396 e. The van der Waals surface area contributed by atoms with Gasteiger partial charge in [-0.25, -0.2) is 4.68 Å². The van der Waals surface area contributed by atoms with Crippen LogP contribution in [0.1, 0.15) is 24.5 Å². The topological polar surface area (TPSA) is 43.8 Å². The molecule has 1 aliphatic rings. The first-order valence-electron chi connectivity index (χ1n) is 5.35. The van der Waals surface area contributed by atoms with Crippen LogP contribution in [-0.4, -0.2) is 9.78 Å². The average molecular weight is 278 g/mol. The van der Waals surface area contributed by atoms with Crippen molar-refractivity contribution in [1.82, 2.24) is 9.78 Å². The van der Waals surface area contributed by atoms with Gasteiger partial charge in [0.15, 0.2) is 0 Å². The van der Waals surface area contributed by atoms with Gasteiger partial charge in [-0.05, 0) is 37.1 Å². The molecular formula is C12H12BrN3. The van der Waals surface area contributed by atoms with Crippen molar-refractivity contribution in [2.45, 2.75) is 18.8 Å². The summed E-state index contributed by atoms with van der Waals surface area (Å²) < 4.78 is 3.03. The molecule has 1 fully saturated rings. The summed E-state index contributed by atoms with van der Waals surface area (Å²) in [4.78, 5) is 0. The lowest BCUT2D eigenvalue weighted by molar-refractivity contribution is 0.809. The van der Waals surface area contributed by atoms with Crippen molar-refractivity contribution >= 4 is 21.6 Å². The van der Waals surface area contributed by atoms with Gasteiger partial charge in [-0.15, -0.1) is 0 Å². The quantitative estimate of drug-likeness (QED) is 0.917. The van der Waals surface area contributed by atoms with E-state index in [9.17, 15) is 0 Å². The standard InChI is InChI=1S/C12H12BrN3/c13-9-3-5-10(6-4-9)16-12(8-1-2-8)11(14)7-15-16/h3-8H,1-2,14H2. The summed E-state index contributed by atoms with van der Waals surface area (Å²) in [6, 6.07) is 8.12. The molecule has 1 heterocycles. The normalized spacial score (nSPS) is 15.3. The number of rotatable bonds is 2. The minimum absolute atomic E-state index is 0.603. The van der Waals surface area contributed by atoms with E-state index in [1.54, 1.807) is 6.20 Å². The summed E-state index contributed by atoms with van der Waals surface area (Å²) in [5.41, 5.74) is 9.01. The molecule has 2 N–H and O–H groups in total. The second kappa shape index (κ2) is 3.63. The molecule has 2 aromatic rings. The van der Waals surface area contributed by atoms with Crippen molar-refractivity contribution < 1.29 is 0 Å². The van der Waals surface area contributed by atoms with E-state index >= 15 is 0 Å². The molecule has 16 heavy (non-hydrogen) atoms. The molecule has 0 bridgehead atoms. The summed E-state index contributed by atoms with van der Waals surface area (Å²) >= 11 is 3.43. The van der Waals surface area contributed by atoms with Crippen molar-refractivity contribution in [2.24, 2.45) is 0 Å². The molecular weight excluding hydrogens is 266 g/mol. The van der Waals surface area contributed by atoms with Gasteiger partial charge < -0.3 is 5.73 Å². The molecule has 3 nitrogen and oxygen atoms in total. The Morgan fingerprint density at radius 1 is 1.25 bits per heavy atom. The minimum atomic E-state index is 0.603. The fourth-order valence-corrected chi connectivity index (χ4v) is 2.19. The third kappa shape index (κ3) is 1.63. The SMILES string of the molecule is Nc1cnn(-c2ccc(Br)cc2)c1C1CC1. The number of anilines is 1. The van der Waals surface area contributed by atoms with Gasteiger partial charge in [0, 0.05) is 10.4 Å².